The molecule has 1 saturated heterocycles. The lowest BCUT2D eigenvalue weighted by Crippen LogP contribution is -2.74. The molecule has 156 valence electrons. The highest BCUT2D eigenvalue weighted by Gasteiger charge is 2.66. The van der Waals surface area contributed by atoms with Crippen LogP contribution in [-0.4, -0.2) is 46.4 Å². The summed E-state index contributed by atoms with van der Waals surface area (Å²) in [5.74, 6) is -0.412. The summed E-state index contributed by atoms with van der Waals surface area (Å²) in [6, 6.07) is 19.4. The van der Waals surface area contributed by atoms with E-state index in [0.717, 1.165) is 28.2 Å². The molecule has 2 amide bonds. The third kappa shape index (κ3) is 2.73. The van der Waals surface area contributed by atoms with Crippen LogP contribution in [0.25, 0.3) is 0 Å². The molecule has 3 heterocycles. The van der Waals surface area contributed by atoms with Crippen molar-refractivity contribution >= 4 is 17.5 Å². The van der Waals surface area contributed by atoms with Gasteiger partial charge in [0.25, 0.3) is 5.91 Å². The average Bonchev–Trinajstić information content (AvgIpc) is 2.85. The lowest BCUT2D eigenvalue weighted by molar-refractivity contribution is -0.178. The molecule has 2 aliphatic rings. The Morgan fingerprint density at radius 1 is 0.968 bits per heavy atom. The monoisotopic (exact) mass is 414 g/mol. The first-order valence-corrected chi connectivity index (χ1v) is 10.1. The fourth-order valence-corrected chi connectivity index (χ4v) is 4.67. The number of ether oxygens (including phenoxy) is 1. The van der Waals surface area contributed by atoms with E-state index in [1.165, 1.54) is 0 Å². The molecule has 2 aliphatic heterocycles. The topological polar surface area (TPSA) is 75.6 Å². The number of para-hydroxylation sites is 1. The number of benzene rings is 2. The highest BCUT2D eigenvalue weighted by molar-refractivity contribution is 6.04. The van der Waals surface area contributed by atoms with Crippen LogP contribution in [0, 0.1) is 13.8 Å². The van der Waals surface area contributed by atoms with Gasteiger partial charge in [0, 0.05) is 29.7 Å². The predicted octanol–water partition coefficient (Wildman–Crippen LogP) is 2.60. The molecular formula is C24H22N4O3. The first-order chi connectivity index (χ1) is 14.9. The molecule has 1 aromatic heterocycles. The number of rotatable bonds is 3. The maximum absolute atomic E-state index is 13.3. The van der Waals surface area contributed by atoms with Gasteiger partial charge in [-0.05, 0) is 31.5 Å². The smallest absolute Gasteiger partial charge is 0.317 e. The normalized spacial score (nSPS) is 22.4. The number of aromatic nitrogens is 2. The standard InChI is InChI=1S/C24H22N4O3/c1-15-13-16(2)26-23(25-15)31-21-22(30)28-14-20(29)27(3)19-12-8-7-11-18(19)24(21,28)17-9-5-4-6-10-17/h4-13,21H,14H2,1-3H3/t21-,24-/m1/s1. The Balaban J connectivity index is 1.74. The Kier molecular flexibility index (Phi) is 4.28. The van der Waals surface area contributed by atoms with Crippen LogP contribution in [0.4, 0.5) is 5.69 Å². The highest BCUT2D eigenvalue weighted by Crippen LogP contribution is 2.52. The largest absolute Gasteiger partial charge is 0.447 e. The van der Waals surface area contributed by atoms with Crippen molar-refractivity contribution < 1.29 is 14.3 Å². The number of anilines is 1. The molecule has 0 spiro atoms. The van der Waals surface area contributed by atoms with Crippen LogP contribution < -0.4 is 9.64 Å². The quantitative estimate of drug-likeness (QED) is 0.616. The minimum absolute atomic E-state index is 0.0352. The van der Waals surface area contributed by atoms with Crippen LogP contribution in [0.3, 0.4) is 0 Å². The maximum atomic E-state index is 13.3. The zero-order valence-corrected chi connectivity index (χ0v) is 17.6. The van der Waals surface area contributed by atoms with E-state index in [1.54, 1.807) is 16.8 Å². The van der Waals surface area contributed by atoms with Crippen LogP contribution in [0.1, 0.15) is 22.5 Å². The van der Waals surface area contributed by atoms with Crippen LogP contribution >= 0.6 is 0 Å². The van der Waals surface area contributed by atoms with Gasteiger partial charge in [-0.1, -0.05) is 48.5 Å². The van der Waals surface area contributed by atoms with E-state index in [-0.39, 0.29) is 24.4 Å². The molecular weight excluding hydrogens is 392 g/mol. The summed E-state index contributed by atoms with van der Waals surface area (Å²) < 4.78 is 6.19. The third-order valence-electron chi connectivity index (χ3n) is 6.04. The summed E-state index contributed by atoms with van der Waals surface area (Å²) in [6.07, 6.45) is -0.892. The predicted molar refractivity (Wildman–Crippen MR) is 115 cm³/mol. The van der Waals surface area contributed by atoms with Crippen molar-refractivity contribution in [1.82, 2.24) is 14.9 Å². The number of hydrogen-bond donors (Lipinski definition) is 0. The van der Waals surface area contributed by atoms with Gasteiger partial charge in [0.05, 0.1) is 0 Å². The molecule has 0 N–H and O–H groups in total. The zero-order chi connectivity index (χ0) is 21.8. The second-order valence-corrected chi connectivity index (χ2v) is 7.96. The number of carbonyl (C=O) groups excluding carboxylic acids is 2. The van der Waals surface area contributed by atoms with Crippen molar-refractivity contribution in [3.05, 3.63) is 83.2 Å². The summed E-state index contributed by atoms with van der Waals surface area (Å²) in [7, 11) is 1.74. The van der Waals surface area contributed by atoms with Gasteiger partial charge in [-0.25, -0.2) is 9.97 Å². The van der Waals surface area contributed by atoms with E-state index in [9.17, 15) is 9.59 Å². The van der Waals surface area contributed by atoms with Gasteiger partial charge in [-0.3, -0.25) is 9.59 Å². The second kappa shape index (κ2) is 6.91. The van der Waals surface area contributed by atoms with Crippen molar-refractivity contribution in [3.8, 4) is 6.01 Å². The van der Waals surface area contributed by atoms with Crippen LogP contribution in [0.2, 0.25) is 0 Å². The third-order valence-corrected chi connectivity index (χ3v) is 6.04. The number of aryl methyl sites for hydroxylation is 2. The van der Waals surface area contributed by atoms with Gasteiger partial charge in [0.1, 0.15) is 12.1 Å². The first-order valence-electron chi connectivity index (χ1n) is 10.1. The van der Waals surface area contributed by atoms with Crippen LogP contribution in [0.5, 0.6) is 6.01 Å². The average molecular weight is 414 g/mol. The van der Waals surface area contributed by atoms with Crippen molar-refractivity contribution in [3.63, 3.8) is 0 Å². The Morgan fingerprint density at radius 3 is 2.32 bits per heavy atom. The summed E-state index contributed by atoms with van der Waals surface area (Å²) >= 11 is 0. The number of hydrogen-bond acceptors (Lipinski definition) is 5. The molecule has 0 aliphatic carbocycles. The van der Waals surface area contributed by atoms with Crippen molar-refractivity contribution in [2.24, 2.45) is 0 Å². The lowest BCUT2D eigenvalue weighted by Gasteiger charge is -2.55. The summed E-state index contributed by atoms with van der Waals surface area (Å²) in [5.41, 5.74) is 3.02. The zero-order valence-electron chi connectivity index (χ0n) is 17.6. The highest BCUT2D eigenvalue weighted by atomic mass is 16.5. The minimum atomic E-state index is -0.962. The van der Waals surface area contributed by atoms with Crippen molar-refractivity contribution in [1.29, 1.82) is 0 Å². The Hall–Kier alpha value is -3.74. The Morgan fingerprint density at radius 2 is 1.61 bits per heavy atom. The maximum Gasteiger partial charge on any atom is 0.317 e. The van der Waals surface area contributed by atoms with E-state index in [1.807, 2.05) is 74.5 Å². The molecule has 31 heavy (non-hydrogen) atoms. The van der Waals surface area contributed by atoms with Gasteiger partial charge in [-0.15, -0.1) is 0 Å². The molecule has 2 aromatic carbocycles. The van der Waals surface area contributed by atoms with Gasteiger partial charge in [0.2, 0.25) is 12.0 Å². The molecule has 7 nitrogen and oxygen atoms in total. The van der Waals surface area contributed by atoms with E-state index in [0.29, 0.717) is 0 Å². The molecule has 0 bridgehead atoms. The molecule has 5 rings (SSSR count). The summed E-state index contributed by atoms with van der Waals surface area (Å²) in [6.45, 7) is 3.68. The summed E-state index contributed by atoms with van der Waals surface area (Å²) in [5, 5.41) is 0. The van der Waals surface area contributed by atoms with E-state index >= 15 is 0 Å². The summed E-state index contributed by atoms with van der Waals surface area (Å²) in [4.78, 5) is 38.2. The van der Waals surface area contributed by atoms with Crippen LogP contribution in [0.15, 0.2) is 60.7 Å². The van der Waals surface area contributed by atoms with E-state index in [4.69, 9.17) is 4.74 Å². The molecule has 3 aromatic rings. The number of nitrogens with zero attached hydrogens (tertiary/aromatic N) is 4. The van der Waals surface area contributed by atoms with E-state index < -0.39 is 11.6 Å². The molecule has 0 unspecified atom stereocenters. The first kappa shape index (κ1) is 19.2. The van der Waals surface area contributed by atoms with Gasteiger partial charge in [0.15, 0.2) is 0 Å². The molecule has 1 fully saturated rings. The van der Waals surface area contributed by atoms with Crippen molar-refractivity contribution in [2.75, 3.05) is 18.5 Å². The number of amides is 2. The Bertz CT molecular complexity index is 1180. The van der Waals surface area contributed by atoms with Gasteiger partial charge in [-0.2, -0.15) is 0 Å². The Labute approximate surface area is 180 Å². The fraction of sp³-hybridized carbons (Fsp3) is 0.250. The minimum Gasteiger partial charge on any atom is -0.447 e. The SMILES string of the molecule is Cc1cc(C)nc(O[C@@H]2C(=O)N3CC(=O)N(C)c4ccccc4[C@]23c2ccccc2)n1. The van der Waals surface area contributed by atoms with Gasteiger partial charge < -0.3 is 14.5 Å². The molecule has 0 saturated carbocycles. The van der Waals surface area contributed by atoms with E-state index in [2.05, 4.69) is 9.97 Å². The second-order valence-electron chi connectivity index (χ2n) is 7.96. The molecule has 7 heteroatoms. The number of likely N-dealkylation sites (N-methyl/N-ethyl adjacent to an activating group) is 1. The number of fused-ring (bicyclic) bond motifs is 3. The molecule has 2 atom stereocenters. The van der Waals surface area contributed by atoms with Crippen LogP contribution in [-0.2, 0) is 15.1 Å². The number of carbonyl (C=O) groups is 2. The lowest BCUT2D eigenvalue weighted by atomic mass is 9.69. The number of β-lactam (4-membered cyclic amide) rings is 1. The molecule has 0 radical (unpaired) electrons. The van der Waals surface area contributed by atoms with Gasteiger partial charge >= 0.3 is 6.01 Å². The van der Waals surface area contributed by atoms with Crippen molar-refractivity contribution in [2.45, 2.75) is 25.5 Å². The fourth-order valence-electron chi connectivity index (χ4n) is 4.67.